The Morgan fingerprint density at radius 3 is 2.74 bits per heavy atom. The average molecular weight is 257 g/mol. The van der Waals surface area contributed by atoms with Crippen LogP contribution in [0.25, 0.3) is 11.3 Å². The molecule has 0 amide bonds. The van der Waals surface area contributed by atoms with E-state index < -0.39 is 0 Å². The number of nitrogens with one attached hydrogen (secondary N) is 1. The Labute approximate surface area is 115 Å². The van der Waals surface area contributed by atoms with Gasteiger partial charge in [-0.15, -0.1) is 0 Å². The van der Waals surface area contributed by atoms with Gasteiger partial charge < -0.3 is 10.7 Å². The van der Waals surface area contributed by atoms with Gasteiger partial charge in [0.1, 0.15) is 5.82 Å². The molecule has 1 heterocycles. The Morgan fingerprint density at radius 1 is 1.32 bits per heavy atom. The van der Waals surface area contributed by atoms with Gasteiger partial charge in [0.15, 0.2) is 0 Å². The summed E-state index contributed by atoms with van der Waals surface area (Å²) in [4.78, 5) is 7.86. The number of hydrogen-bond donors (Lipinski definition) is 2. The van der Waals surface area contributed by atoms with Gasteiger partial charge in [0.2, 0.25) is 0 Å². The van der Waals surface area contributed by atoms with Crippen molar-refractivity contribution < 1.29 is 0 Å². The number of aromatic nitrogens is 2. The molecule has 1 aromatic carbocycles. The molecule has 0 aliphatic heterocycles. The molecule has 0 saturated carbocycles. The lowest BCUT2D eigenvalue weighted by atomic mass is 9.97. The standard InChI is InChI=1S/C16H23N3/c1-5-8-16(4,17)15-18-10-14(19-15)13-9-11(2)6-7-12(13)3/h6-7,9-10H,5,8,17H2,1-4H3,(H,18,19). The number of hydrogen-bond acceptors (Lipinski definition) is 2. The van der Waals surface area contributed by atoms with Gasteiger partial charge in [0.05, 0.1) is 17.4 Å². The van der Waals surface area contributed by atoms with E-state index in [1.54, 1.807) is 0 Å². The zero-order valence-electron chi connectivity index (χ0n) is 12.2. The molecule has 0 radical (unpaired) electrons. The highest BCUT2D eigenvalue weighted by atomic mass is 15.0. The third kappa shape index (κ3) is 2.87. The molecular formula is C16H23N3. The Morgan fingerprint density at radius 2 is 2.05 bits per heavy atom. The molecule has 0 aliphatic carbocycles. The number of nitrogens with zero attached hydrogens (tertiary/aromatic N) is 1. The van der Waals surface area contributed by atoms with Crippen LogP contribution < -0.4 is 5.73 Å². The van der Waals surface area contributed by atoms with E-state index in [4.69, 9.17) is 5.73 Å². The number of imidazole rings is 1. The summed E-state index contributed by atoms with van der Waals surface area (Å²) < 4.78 is 0. The highest BCUT2D eigenvalue weighted by Gasteiger charge is 2.23. The fourth-order valence-corrected chi connectivity index (χ4v) is 2.41. The third-order valence-corrected chi connectivity index (χ3v) is 3.57. The number of nitrogens with two attached hydrogens (primary N) is 1. The Kier molecular flexibility index (Phi) is 3.76. The van der Waals surface area contributed by atoms with E-state index in [1.165, 1.54) is 16.7 Å². The molecule has 3 nitrogen and oxygen atoms in total. The predicted octanol–water partition coefficient (Wildman–Crippen LogP) is 3.67. The Bertz CT molecular complexity index is 567. The normalized spacial score (nSPS) is 14.4. The summed E-state index contributed by atoms with van der Waals surface area (Å²) in [6, 6.07) is 6.44. The topological polar surface area (TPSA) is 54.7 Å². The summed E-state index contributed by atoms with van der Waals surface area (Å²) in [5.74, 6) is 0.866. The molecule has 3 N–H and O–H groups in total. The lowest BCUT2D eigenvalue weighted by Crippen LogP contribution is -2.34. The first kappa shape index (κ1) is 13.8. The second-order valence-electron chi connectivity index (χ2n) is 5.63. The molecule has 102 valence electrons. The molecule has 0 aliphatic rings. The van der Waals surface area contributed by atoms with Crippen molar-refractivity contribution in [2.45, 2.75) is 46.1 Å². The zero-order valence-corrected chi connectivity index (χ0v) is 12.2. The van der Waals surface area contributed by atoms with Crippen molar-refractivity contribution >= 4 is 0 Å². The third-order valence-electron chi connectivity index (χ3n) is 3.57. The number of H-pyrrole nitrogens is 1. The van der Waals surface area contributed by atoms with Gasteiger partial charge in [0.25, 0.3) is 0 Å². The van der Waals surface area contributed by atoms with E-state index in [0.29, 0.717) is 0 Å². The molecule has 2 aromatic rings. The first-order valence-electron chi connectivity index (χ1n) is 6.86. The summed E-state index contributed by atoms with van der Waals surface area (Å²) >= 11 is 0. The minimum atomic E-state index is -0.384. The maximum atomic E-state index is 6.31. The van der Waals surface area contributed by atoms with Gasteiger partial charge in [-0.05, 0) is 38.8 Å². The molecule has 1 unspecified atom stereocenters. The zero-order chi connectivity index (χ0) is 14.0. The second-order valence-corrected chi connectivity index (χ2v) is 5.63. The maximum absolute atomic E-state index is 6.31. The molecule has 1 atom stereocenters. The molecule has 1 aromatic heterocycles. The fraction of sp³-hybridized carbons (Fsp3) is 0.438. The highest BCUT2D eigenvalue weighted by molar-refractivity contribution is 5.64. The average Bonchev–Trinajstić information content (AvgIpc) is 2.82. The van der Waals surface area contributed by atoms with E-state index in [9.17, 15) is 0 Å². The van der Waals surface area contributed by atoms with E-state index in [-0.39, 0.29) is 5.54 Å². The predicted molar refractivity (Wildman–Crippen MR) is 79.9 cm³/mol. The van der Waals surface area contributed by atoms with Crippen LogP contribution in [-0.2, 0) is 5.54 Å². The molecule has 2 rings (SSSR count). The van der Waals surface area contributed by atoms with Gasteiger partial charge in [-0.25, -0.2) is 4.98 Å². The fourth-order valence-electron chi connectivity index (χ4n) is 2.41. The van der Waals surface area contributed by atoms with Crippen molar-refractivity contribution in [2.75, 3.05) is 0 Å². The minimum absolute atomic E-state index is 0.384. The van der Waals surface area contributed by atoms with Crippen molar-refractivity contribution in [1.29, 1.82) is 0 Å². The number of aryl methyl sites for hydroxylation is 2. The quantitative estimate of drug-likeness (QED) is 0.878. The van der Waals surface area contributed by atoms with Crippen LogP contribution in [-0.4, -0.2) is 9.97 Å². The second kappa shape index (κ2) is 5.17. The summed E-state index contributed by atoms with van der Waals surface area (Å²) in [6.45, 7) is 8.38. The molecule has 19 heavy (non-hydrogen) atoms. The molecular weight excluding hydrogens is 234 g/mol. The van der Waals surface area contributed by atoms with Crippen LogP contribution in [0.1, 0.15) is 43.6 Å². The highest BCUT2D eigenvalue weighted by Crippen LogP contribution is 2.26. The van der Waals surface area contributed by atoms with Crippen molar-refractivity contribution in [3.05, 3.63) is 41.3 Å². The van der Waals surface area contributed by atoms with Crippen molar-refractivity contribution in [2.24, 2.45) is 5.73 Å². The maximum Gasteiger partial charge on any atom is 0.126 e. The van der Waals surface area contributed by atoms with Crippen LogP contribution in [0.3, 0.4) is 0 Å². The van der Waals surface area contributed by atoms with Crippen LogP contribution in [0.2, 0.25) is 0 Å². The first-order chi connectivity index (χ1) is 8.94. The lowest BCUT2D eigenvalue weighted by Gasteiger charge is -2.21. The van der Waals surface area contributed by atoms with Crippen LogP contribution >= 0.6 is 0 Å². The van der Waals surface area contributed by atoms with Crippen LogP contribution in [0.5, 0.6) is 0 Å². The van der Waals surface area contributed by atoms with Gasteiger partial charge in [-0.3, -0.25) is 0 Å². The van der Waals surface area contributed by atoms with Gasteiger partial charge in [-0.2, -0.15) is 0 Å². The van der Waals surface area contributed by atoms with Crippen LogP contribution in [0.15, 0.2) is 24.4 Å². The first-order valence-corrected chi connectivity index (χ1v) is 6.86. The number of benzene rings is 1. The van der Waals surface area contributed by atoms with Crippen molar-refractivity contribution in [1.82, 2.24) is 9.97 Å². The monoisotopic (exact) mass is 257 g/mol. The van der Waals surface area contributed by atoms with Gasteiger partial charge in [-0.1, -0.05) is 31.0 Å². The summed E-state index contributed by atoms with van der Waals surface area (Å²) in [6.07, 6.45) is 3.86. The minimum Gasteiger partial charge on any atom is -0.340 e. The van der Waals surface area contributed by atoms with Crippen LogP contribution in [0.4, 0.5) is 0 Å². The Hall–Kier alpha value is -1.61. The van der Waals surface area contributed by atoms with Gasteiger partial charge in [0, 0.05) is 5.56 Å². The van der Waals surface area contributed by atoms with Crippen molar-refractivity contribution in [3.63, 3.8) is 0 Å². The molecule has 3 heteroatoms. The largest absolute Gasteiger partial charge is 0.340 e. The summed E-state index contributed by atoms with van der Waals surface area (Å²) in [5.41, 5.74) is 10.7. The molecule has 0 bridgehead atoms. The summed E-state index contributed by atoms with van der Waals surface area (Å²) in [5, 5.41) is 0. The molecule has 0 saturated heterocycles. The Balaban J connectivity index is 2.38. The lowest BCUT2D eigenvalue weighted by molar-refractivity contribution is 0.423. The van der Waals surface area contributed by atoms with E-state index >= 15 is 0 Å². The summed E-state index contributed by atoms with van der Waals surface area (Å²) in [7, 11) is 0. The number of aromatic amines is 1. The van der Waals surface area contributed by atoms with Gasteiger partial charge >= 0.3 is 0 Å². The van der Waals surface area contributed by atoms with Crippen molar-refractivity contribution in [3.8, 4) is 11.3 Å². The molecule has 0 spiro atoms. The smallest absolute Gasteiger partial charge is 0.126 e. The van der Waals surface area contributed by atoms with E-state index in [2.05, 4.69) is 48.9 Å². The SMILES string of the molecule is CCCC(C)(N)c1ncc(-c2cc(C)ccc2C)[nH]1. The number of rotatable bonds is 4. The van der Waals surface area contributed by atoms with E-state index in [1.807, 2.05) is 13.1 Å². The van der Waals surface area contributed by atoms with Crippen LogP contribution in [0, 0.1) is 13.8 Å². The molecule has 0 fully saturated rings. The van der Waals surface area contributed by atoms with E-state index in [0.717, 1.165) is 24.4 Å².